The van der Waals surface area contributed by atoms with Crippen LogP contribution in [0.4, 0.5) is 5.69 Å². The van der Waals surface area contributed by atoms with Gasteiger partial charge in [0.1, 0.15) is 0 Å². The van der Waals surface area contributed by atoms with Gasteiger partial charge in [-0.25, -0.2) is 4.79 Å². The Morgan fingerprint density at radius 1 is 1.08 bits per heavy atom. The molecule has 0 saturated heterocycles. The number of benzene rings is 2. The van der Waals surface area contributed by atoms with E-state index in [0.717, 1.165) is 0 Å². The van der Waals surface area contributed by atoms with Crippen LogP contribution < -0.4 is 14.8 Å². The first-order valence-electron chi connectivity index (χ1n) is 7.50. The molecule has 8 heteroatoms. The summed E-state index contributed by atoms with van der Waals surface area (Å²) < 4.78 is 15.3. The zero-order valence-corrected chi connectivity index (χ0v) is 14.8. The minimum atomic E-state index is -0.656. The van der Waals surface area contributed by atoms with Crippen molar-refractivity contribution in [3.05, 3.63) is 58.1 Å². The highest BCUT2D eigenvalue weighted by Crippen LogP contribution is 2.34. The fraction of sp³-hybridized carbons (Fsp3) is 0.111. The molecular formula is C18H13Cl2NO5. The second-order valence-corrected chi connectivity index (χ2v) is 6.05. The number of amides is 1. The van der Waals surface area contributed by atoms with Gasteiger partial charge in [-0.05, 0) is 35.9 Å². The molecule has 0 radical (unpaired) electrons. The molecule has 0 bridgehead atoms. The second kappa shape index (κ2) is 8.12. The molecule has 134 valence electrons. The number of nitrogens with one attached hydrogen (secondary N) is 1. The van der Waals surface area contributed by atoms with Gasteiger partial charge in [0.05, 0.1) is 10.0 Å². The van der Waals surface area contributed by atoms with Gasteiger partial charge < -0.3 is 19.5 Å². The Morgan fingerprint density at radius 3 is 2.69 bits per heavy atom. The van der Waals surface area contributed by atoms with E-state index in [4.69, 9.17) is 37.4 Å². The van der Waals surface area contributed by atoms with Gasteiger partial charge in [0.2, 0.25) is 6.79 Å². The summed E-state index contributed by atoms with van der Waals surface area (Å²) in [6, 6.07) is 9.91. The summed E-state index contributed by atoms with van der Waals surface area (Å²) in [4.78, 5) is 23.6. The maximum Gasteiger partial charge on any atom is 0.331 e. The van der Waals surface area contributed by atoms with E-state index in [9.17, 15) is 9.59 Å². The van der Waals surface area contributed by atoms with Gasteiger partial charge in [0.15, 0.2) is 18.1 Å². The van der Waals surface area contributed by atoms with Crippen molar-refractivity contribution in [2.45, 2.75) is 0 Å². The minimum absolute atomic E-state index is 0.148. The molecular weight excluding hydrogens is 381 g/mol. The maximum atomic E-state index is 11.9. The van der Waals surface area contributed by atoms with E-state index in [1.165, 1.54) is 12.2 Å². The Balaban J connectivity index is 1.48. The maximum absolute atomic E-state index is 11.9. The molecule has 1 N–H and O–H groups in total. The van der Waals surface area contributed by atoms with Gasteiger partial charge in [-0.3, -0.25) is 4.79 Å². The highest BCUT2D eigenvalue weighted by molar-refractivity contribution is 6.42. The molecule has 1 aliphatic heterocycles. The lowest BCUT2D eigenvalue weighted by Crippen LogP contribution is -2.20. The van der Waals surface area contributed by atoms with E-state index in [1.807, 2.05) is 0 Å². The zero-order chi connectivity index (χ0) is 18.5. The fourth-order valence-electron chi connectivity index (χ4n) is 2.14. The van der Waals surface area contributed by atoms with E-state index in [2.05, 4.69) is 5.32 Å². The van der Waals surface area contributed by atoms with Gasteiger partial charge in [-0.2, -0.15) is 0 Å². The van der Waals surface area contributed by atoms with Gasteiger partial charge in [-0.1, -0.05) is 29.3 Å². The van der Waals surface area contributed by atoms with Crippen LogP contribution in [0.15, 0.2) is 42.5 Å². The molecule has 1 heterocycles. The Kier molecular flexibility index (Phi) is 5.65. The average Bonchev–Trinajstić information content (AvgIpc) is 3.08. The van der Waals surface area contributed by atoms with Crippen molar-refractivity contribution in [1.29, 1.82) is 0 Å². The van der Waals surface area contributed by atoms with Gasteiger partial charge in [-0.15, -0.1) is 0 Å². The fourth-order valence-corrected chi connectivity index (χ4v) is 2.44. The number of hydrogen-bond acceptors (Lipinski definition) is 5. The molecule has 0 unspecified atom stereocenters. The summed E-state index contributed by atoms with van der Waals surface area (Å²) in [7, 11) is 0. The first-order chi connectivity index (χ1) is 12.5. The summed E-state index contributed by atoms with van der Waals surface area (Å²) in [6.45, 7) is -0.269. The number of carbonyl (C=O) groups excluding carboxylic acids is 2. The highest BCUT2D eigenvalue weighted by Gasteiger charge is 2.14. The Hall–Kier alpha value is -2.70. The molecule has 0 aliphatic carbocycles. The van der Waals surface area contributed by atoms with Crippen LogP contribution in [0.2, 0.25) is 10.0 Å². The predicted molar refractivity (Wildman–Crippen MR) is 97.6 cm³/mol. The van der Waals surface area contributed by atoms with Crippen molar-refractivity contribution < 1.29 is 23.8 Å². The van der Waals surface area contributed by atoms with Crippen LogP contribution in [0.3, 0.4) is 0 Å². The first kappa shape index (κ1) is 18.1. The van der Waals surface area contributed by atoms with Crippen molar-refractivity contribution in [2.75, 3.05) is 18.7 Å². The Morgan fingerprint density at radius 2 is 1.88 bits per heavy atom. The van der Waals surface area contributed by atoms with Gasteiger partial charge >= 0.3 is 5.97 Å². The molecule has 26 heavy (non-hydrogen) atoms. The molecule has 2 aromatic rings. The number of carbonyl (C=O) groups is 2. The largest absolute Gasteiger partial charge is 0.454 e. The molecule has 3 rings (SSSR count). The summed E-state index contributed by atoms with van der Waals surface area (Å²) in [5, 5.41) is 3.41. The number of halogens is 2. The lowest BCUT2D eigenvalue weighted by Gasteiger charge is -2.06. The molecule has 0 aromatic heterocycles. The molecule has 0 atom stereocenters. The number of ether oxygens (including phenoxy) is 3. The van der Waals surface area contributed by atoms with Crippen LogP contribution in [0.1, 0.15) is 5.56 Å². The van der Waals surface area contributed by atoms with E-state index in [-0.39, 0.29) is 6.79 Å². The van der Waals surface area contributed by atoms with Crippen molar-refractivity contribution in [1.82, 2.24) is 0 Å². The number of rotatable bonds is 5. The molecule has 0 fully saturated rings. The van der Waals surface area contributed by atoms with Crippen LogP contribution in [0, 0.1) is 0 Å². The van der Waals surface area contributed by atoms with E-state index >= 15 is 0 Å². The number of fused-ring (bicyclic) bond motifs is 1. The third-order valence-electron chi connectivity index (χ3n) is 3.36. The molecule has 1 aliphatic rings. The Bertz CT molecular complexity index is 882. The summed E-state index contributed by atoms with van der Waals surface area (Å²) in [5.74, 6) is 0.0308. The van der Waals surface area contributed by atoms with Crippen LogP contribution in [-0.4, -0.2) is 25.3 Å². The second-order valence-electron chi connectivity index (χ2n) is 5.23. The summed E-state index contributed by atoms with van der Waals surface area (Å²) >= 11 is 11.7. The standard InChI is InChI=1S/C18H13Cl2NO5/c19-13-4-1-11(7-14(13)20)2-6-18(23)24-9-17(22)21-12-3-5-15-16(8-12)26-10-25-15/h1-8H,9-10H2,(H,21,22). The van der Waals surface area contributed by atoms with Crippen LogP contribution in [0.5, 0.6) is 11.5 Å². The lowest BCUT2D eigenvalue weighted by molar-refractivity contribution is -0.142. The predicted octanol–water partition coefficient (Wildman–Crippen LogP) is 3.92. The van der Waals surface area contributed by atoms with Crippen LogP contribution >= 0.6 is 23.2 Å². The molecule has 0 spiro atoms. The third kappa shape index (κ3) is 4.68. The molecule has 1 amide bonds. The summed E-state index contributed by atoms with van der Waals surface area (Å²) in [6.07, 6.45) is 2.72. The quantitative estimate of drug-likeness (QED) is 0.615. The van der Waals surface area contributed by atoms with Crippen molar-refractivity contribution in [2.24, 2.45) is 0 Å². The smallest absolute Gasteiger partial charge is 0.331 e. The van der Waals surface area contributed by atoms with Crippen LogP contribution in [0.25, 0.3) is 6.08 Å². The van der Waals surface area contributed by atoms with Crippen molar-refractivity contribution >= 4 is 46.8 Å². The number of esters is 1. The van der Waals surface area contributed by atoms with Crippen molar-refractivity contribution in [3.8, 4) is 11.5 Å². The van der Waals surface area contributed by atoms with E-state index < -0.39 is 18.5 Å². The van der Waals surface area contributed by atoms with Gasteiger partial charge in [0, 0.05) is 17.8 Å². The first-order valence-corrected chi connectivity index (χ1v) is 8.26. The summed E-state index contributed by atoms with van der Waals surface area (Å²) in [5.41, 5.74) is 1.20. The minimum Gasteiger partial charge on any atom is -0.454 e. The monoisotopic (exact) mass is 393 g/mol. The van der Waals surface area contributed by atoms with Gasteiger partial charge in [0.25, 0.3) is 5.91 Å². The average molecular weight is 394 g/mol. The Labute approximate surface area is 159 Å². The van der Waals surface area contributed by atoms with E-state index in [0.29, 0.717) is 32.8 Å². The third-order valence-corrected chi connectivity index (χ3v) is 4.10. The van der Waals surface area contributed by atoms with Crippen molar-refractivity contribution in [3.63, 3.8) is 0 Å². The number of hydrogen-bond donors (Lipinski definition) is 1. The van der Waals surface area contributed by atoms with E-state index in [1.54, 1.807) is 36.4 Å². The molecule has 2 aromatic carbocycles. The van der Waals surface area contributed by atoms with Crippen LogP contribution in [-0.2, 0) is 14.3 Å². The lowest BCUT2D eigenvalue weighted by atomic mass is 10.2. The SMILES string of the molecule is O=C(COC(=O)C=Cc1ccc(Cl)c(Cl)c1)Nc1ccc2c(c1)OCO2. The number of anilines is 1. The normalized spacial score (nSPS) is 12.2. The highest BCUT2D eigenvalue weighted by atomic mass is 35.5. The molecule has 0 saturated carbocycles. The zero-order valence-electron chi connectivity index (χ0n) is 13.3. The molecule has 6 nitrogen and oxygen atoms in total. The topological polar surface area (TPSA) is 73.9 Å².